The summed E-state index contributed by atoms with van der Waals surface area (Å²) < 4.78 is 1.93. The fraction of sp³-hybridized carbons (Fsp3) is 0.267. The maximum Gasteiger partial charge on any atom is 0.134 e. The second kappa shape index (κ2) is 5.28. The van der Waals surface area contributed by atoms with Gasteiger partial charge in [-0.3, -0.25) is 0 Å². The highest BCUT2D eigenvalue weighted by atomic mass is 15.2. The molecule has 0 aliphatic heterocycles. The van der Waals surface area contributed by atoms with Crippen LogP contribution in [0.2, 0.25) is 0 Å². The van der Waals surface area contributed by atoms with E-state index in [1.807, 2.05) is 29.8 Å². The normalized spacial score (nSPS) is 10.9. The number of hydrogen-bond acceptors (Lipinski definition) is 4. The van der Waals surface area contributed by atoms with E-state index in [-0.39, 0.29) is 0 Å². The van der Waals surface area contributed by atoms with E-state index in [4.69, 9.17) is 0 Å². The third-order valence-corrected chi connectivity index (χ3v) is 3.36. The van der Waals surface area contributed by atoms with Gasteiger partial charge in [0.25, 0.3) is 0 Å². The number of benzene rings is 1. The lowest BCUT2D eigenvalue weighted by molar-refractivity contribution is 0.787. The molecular formula is C15H17N5. The summed E-state index contributed by atoms with van der Waals surface area (Å²) in [7, 11) is 1.95. The molecule has 0 saturated heterocycles. The van der Waals surface area contributed by atoms with E-state index in [2.05, 4.69) is 39.6 Å². The van der Waals surface area contributed by atoms with Gasteiger partial charge in [-0.15, -0.1) is 10.2 Å². The fourth-order valence-corrected chi connectivity index (χ4v) is 2.23. The first kappa shape index (κ1) is 12.6. The minimum absolute atomic E-state index is 0.790. The zero-order valence-electron chi connectivity index (χ0n) is 11.7. The Morgan fingerprint density at radius 2 is 2.10 bits per heavy atom. The molecule has 5 heteroatoms. The molecule has 0 saturated carbocycles. The Hall–Kier alpha value is -2.43. The van der Waals surface area contributed by atoms with Gasteiger partial charge < -0.3 is 9.88 Å². The third kappa shape index (κ3) is 2.47. The monoisotopic (exact) mass is 267 g/mol. The largest absolute Gasteiger partial charge is 0.369 e. The Labute approximate surface area is 117 Å². The van der Waals surface area contributed by atoms with Crippen molar-refractivity contribution in [2.75, 3.05) is 11.9 Å². The van der Waals surface area contributed by atoms with Crippen LogP contribution < -0.4 is 5.32 Å². The summed E-state index contributed by atoms with van der Waals surface area (Å²) in [5, 5.41) is 12.5. The summed E-state index contributed by atoms with van der Waals surface area (Å²) in [5.41, 5.74) is 2.17. The van der Waals surface area contributed by atoms with Gasteiger partial charge in [0.2, 0.25) is 0 Å². The molecule has 0 unspecified atom stereocenters. The number of hydrogen-bond donors (Lipinski definition) is 1. The van der Waals surface area contributed by atoms with E-state index >= 15 is 0 Å². The van der Waals surface area contributed by atoms with Crippen molar-refractivity contribution in [1.82, 2.24) is 19.7 Å². The van der Waals surface area contributed by atoms with Crippen LogP contribution in [-0.2, 0) is 13.5 Å². The number of nitrogens with one attached hydrogen (secondary N) is 1. The van der Waals surface area contributed by atoms with Crippen LogP contribution in [0.5, 0.6) is 0 Å². The first-order valence-corrected chi connectivity index (χ1v) is 6.67. The number of anilines is 1. The average Bonchev–Trinajstić information content (AvgIpc) is 2.85. The predicted octanol–water partition coefficient (Wildman–Crippen LogP) is 2.33. The molecule has 3 rings (SSSR count). The highest BCUT2D eigenvalue weighted by Crippen LogP contribution is 2.19. The van der Waals surface area contributed by atoms with Crippen LogP contribution in [0.15, 0.2) is 36.7 Å². The van der Waals surface area contributed by atoms with E-state index in [1.54, 1.807) is 6.33 Å². The standard InChI is InChI=1S/C15H17N5/c1-11-9-12-5-3-4-6-13(12)18-15(11)16-8-7-14-19-17-10-20(14)2/h3-6,9-10H,7-8H2,1-2H3,(H,16,18). The van der Waals surface area contributed by atoms with Crippen molar-refractivity contribution >= 4 is 16.7 Å². The Morgan fingerprint density at radius 3 is 2.90 bits per heavy atom. The lowest BCUT2D eigenvalue weighted by Crippen LogP contribution is -2.10. The van der Waals surface area contributed by atoms with Crippen LogP contribution in [-0.4, -0.2) is 26.3 Å². The second-order valence-electron chi connectivity index (χ2n) is 4.88. The van der Waals surface area contributed by atoms with Crippen molar-refractivity contribution in [3.05, 3.63) is 48.0 Å². The van der Waals surface area contributed by atoms with Gasteiger partial charge in [0, 0.05) is 25.4 Å². The molecule has 2 heterocycles. The minimum atomic E-state index is 0.790. The van der Waals surface area contributed by atoms with E-state index in [1.165, 1.54) is 5.39 Å². The van der Waals surface area contributed by atoms with Crippen LogP contribution in [0.3, 0.4) is 0 Å². The summed E-state index contributed by atoms with van der Waals surface area (Å²) in [6.45, 7) is 2.86. The molecular weight excluding hydrogens is 250 g/mol. The maximum atomic E-state index is 4.66. The quantitative estimate of drug-likeness (QED) is 0.788. The molecule has 0 fully saturated rings. The minimum Gasteiger partial charge on any atom is -0.369 e. The van der Waals surface area contributed by atoms with Crippen LogP contribution in [0.25, 0.3) is 10.9 Å². The molecule has 102 valence electrons. The zero-order valence-corrected chi connectivity index (χ0v) is 11.7. The number of nitrogens with zero attached hydrogens (tertiary/aromatic N) is 4. The van der Waals surface area contributed by atoms with Gasteiger partial charge in [0.15, 0.2) is 0 Å². The molecule has 0 radical (unpaired) electrons. The summed E-state index contributed by atoms with van der Waals surface area (Å²) in [6, 6.07) is 10.3. The summed E-state index contributed by atoms with van der Waals surface area (Å²) in [6.07, 6.45) is 2.54. The van der Waals surface area contributed by atoms with Crippen molar-refractivity contribution in [3.8, 4) is 0 Å². The van der Waals surface area contributed by atoms with Gasteiger partial charge in [-0.1, -0.05) is 18.2 Å². The molecule has 0 amide bonds. The van der Waals surface area contributed by atoms with E-state index in [9.17, 15) is 0 Å². The van der Waals surface area contributed by atoms with Crippen LogP contribution in [0, 0.1) is 6.92 Å². The predicted molar refractivity (Wildman–Crippen MR) is 79.7 cm³/mol. The van der Waals surface area contributed by atoms with Crippen LogP contribution in [0.1, 0.15) is 11.4 Å². The van der Waals surface area contributed by atoms with Crippen molar-refractivity contribution in [2.45, 2.75) is 13.3 Å². The second-order valence-corrected chi connectivity index (χ2v) is 4.88. The highest BCUT2D eigenvalue weighted by molar-refractivity contribution is 5.81. The van der Waals surface area contributed by atoms with E-state index in [0.29, 0.717) is 0 Å². The third-order valence-electron chi connectivity index (χ3n) is 3.36. The fourth-order valence-electron chi connectivity index (χ4n) is 2.23. The number of rotatable bonds is 4. The van der Waals surface area contributed by atoms with Gasteiger partial charge in [0.1, 0.15) is 18.0 Å². The van der Waals surface area contributed by atoms with Crippen LogP contribution in [0.4, 0.5) is 5.82 Å². The van der Waals surface area contributed by atoms with Gasteiger partial charge in [0.05, 0.1) is 5.52 Å². The zero-order chi connectivity index (χ0) is 13.9. The Morgan fingerprint density at radius 1 is 1.25 bits per heavy atom. The number of para-hydroxylation sites is 1. The van der Waals surface area contributed by atoms with Crippen molar-refractivity contribution in [1.29, 1.82) is 0 Å². The first-order valence-electron chi connectivity index (χ1n) is 6.67. The molecule has 0 atom stereocenters. The lowest BCUT2D eigenvalue weighted by Gasteiger charge is -2.09. The maximum absolute atomic E-state index is 4.66. The van der Waals surface area contributed by atoms with Crippen molar-refractivity contribution in [2.24, 2.45) is 7.05 Å². The number of fused-ring (bicyclic) bond motifs is 1. The van der Waals surface area contributed by atoms with Crippen molar-refractivity contribution < 1.29 is 0 Å². The molecule has 0 aliphatic rings. The van der Waals surface area contributed by atoms with E-state index < -0.39 is 0 Å². The highest BCUT2D eigenvalue weighted by Gasteiger charge is 2.04. The number of aryl methyl sites for hydroxylation is 2. The van der Waals surface area contributed by atoms with Gasteiger partial charge >= 0.3 is 0 Å². The average molecular weight is 267 g/mol. The SMILES string of the molecule is Cc1cc2ccccc2nc1NCCc1nncn1C. The topological polar surface area (TPSA) is 55.6 Å². The molecule has 1 aromatic carbocycles. The van der Waals surface area contributed by atoms with Gasteiger partial charge in [-0.25, -0.2) is 4.98 Å². The molecule has 0 bridgehead atoms. The molecule has 0 aliphatic carbocycles. The number of pyridine rings is 1. The molecule has 5 nitrogen and oxygen atoms in total. The lowest BCUT2D eigenvalue weighted by atomic mass is 10.1. The summed E-state index contributed by atoms with van der Waals surface area (Å²) in [5.74, 6) is 1.90. The molecule has 1 N–H and O–H groups in total. The van der Waals surface area contributed by atoms with Crippen LogP contribution >= 0.6 is 0 Å². The van der Waals surface area contributed by atoms with E-state index in [0.717, 1.165) is 35.7 Å². The summed E-state index contributed by atoms with van der Waals surface area (Å²) >= 11 is 0. The van der Waals surface area contributed by atoms with Crippen molar-refractivity contribution in [3.63, 3.8) is 0 Å². The Bertz CT molecular complexity index is 732. The van der Waals surface area contributed by atoms with Gasteiger partial charge in [-0.05, 0) is 24.6 Å². The molecule has 2 aromatic heterocycles. The summed E-state index contributed by atoms with van der Waals surface area (Å²) in [4.78, 5) is 4.66. The number of aromatic nitrogens is 4. The molecule has 20 heavy (non-hydrogen) atoms. The molecule has 3 aromatic rings. The first-order chi connectivity index (χ1) is 9.74. The molecule has 0 spiro atoms. The smallest absolute Gasteiger partial charge is 0.134 e. The van der Waals surface area contributed by atoms with Gasteiger partial charge in [-0.2, -0.15) is 0 Å². The Balaban J connectivity index is 1.74. The Kier molecular flexibility index (Phi) is 3.33.